The van der Waals surface area contributed by atoms with Gasteiger partial charge in [0.2, 0.25) is 0 Å². The van der Waals surface area contributed by atoms with Crippen LogP contribution in [0.5, 0.6) is 0 Å². The van der Waals surface area contributed by atoms with E-state index in [1.165, 1.54) is 25.7 Å². The van der Waals surface area contributed by atoms with Crippen LogP contribution in [-0.2, 0) is 0 Å². The van der Waals surface area contributed by atoms with Gasteiger partial charge in [0.1, 0.15) is 0 Å². The Hall–Kier alpha value is -0.570. The summed E-state index contributed by atoms with van der Waals surface area (Å²) in [4.78, 5) is 14.5. The Balaban J connectivity index is 1.58. The van der Waals surface area contributed by atoms with Crippen molar-refractivity contribution in [1.82, 2.24) is 4.90 Å². The largest absolute Gasteiger partial charge is 0.299 e. The zero-order chi connectivity index (χ0) is 15.0. The predicted octanol–water partition coefficient (Wildman–Crippen LogP) is 4.54. The van der Waals surface area contributed by atoms with E-state index >= 15 is 0 Å². The van der Waals surface area contributed by atoms with Crippen molar-refractivity contribution in [1.29, 1.82) is 0 Å². The first-order chi connectivity index (χ1) is 10.0. The van der Waals surface area contributed by atoms with Crippen LogP contribution in [0, 0.1) is 17.8 Å². The summed E-state index contributed by atoms with van der Waals surface area (Å²) in [7, 11) is 2.03. The number of nitrogens with zero attached hydrogens (tertiary/aromatic N) is 1. The summed E-state index contributed by atoms with van der Waals surface area (Å²) >= 11 is 12.1. The summed E-state index contributed by atoms with van der Waals surface area (Å²) in [5.41, 5.74) is 0.531. The number of Topliss-reactive ketones (excluding diaryl/α,β-unsaturated/α-hetero) is 1. The van der Waals surface area contributed by atoms with Gasteiger partial charge < -0.3 is 0 Å². The van der Waals surface area contributed by atoms with Gasteiger partial charge in [-0.15, -0.1) is 0 Å². The fourth-order valence-electron chi connectivity index (χ4n) is 4.11. The lowest BCUT2D eigenvalue weighted by Crippen LogP contribution is -2.33. The molecule has 0 aromatic heterocycles. The number of fused-ring (bicyclic) bond motifs is 2. The number of likely N-dealkylation sites (N-methyl/N-ethyl adjacent to an activating group) is 1. The Bertz CT molecular complexity index is 546. The molecule has 0 spiro atoms. The molecule has 4 heteroatoms. The van der Waals surface area contributed by atoms with Gasteiger partial charge in [-0.3, -0.25) is 9.69 Å². The zero-order valence-corrected chi connectivity index (χ0v) is 13.8. The fourth-order valence-corrected chi connectivity index (χ4v) is 4.50. The van der Waals surface area contributed by atoms with Crippen molar-refractivity contribution in [2.24, 2.45) is 17.8 Å². The second-order valence-corrected chi connectivity index (χ2v) is 7.52. The number of rotatable bonds is 5. The van der Waals surface area contributed by atoms with Crippen LogP contribution in [0.15, 0.2) is 18.2 Å². The molecule has 2 saturated carbocycles. The van der Waals surface area contributed by atoms with Crippen LogP contribution in [0.1, 0.15) is 36.0 Å². The van der Waals surface area contributed by atoms with Crippen molar-refractivity contribution in [2.45, 2.75) is 25.7 Å². The smallest absolute Gasteiger partial charge is 0.178 e. The quantitative estimate of drug-likeness (QED) is 0.740. The maximum absolute atomic E-state index is 12.4. The lowest BCUT2D eigenvalue weighted by Gasteiger charge is -2.26. The highest BCUT2D eigenvalue weighted by molar-refractivity contribution is 6.36. The van der Waals surface area contributed by atoms with Gasteiger partial charge in [-0.1, -0.05) is 29.6 Å². The molecule has 0 aliphatic heterocycles. The Labute approximate surface area is 136 Å². The van der Waals surface area contributed by atoms with Crippen molar-refractivity contribution in [3.05, 3.63) is 33.8 Å². The number of hydrogen-bond acceptors (Lipinski definition) is 2. The van der Waals surface area contributed by atoms with Crippen LogP contribution in [0.3, 0.4) is 0 Å². The average molecular weight is 326 g/mol. The molecule has 2 aliphatic rings. The molecule has 0 amide bonds. The molecule has 1 aromatic carbocycles. The summed E-state index contributed by atoms with van der Waals surface area (Å²) in [6.07, 6.45) is 5.56. The van der Waals surface area contributed by atoms with E-state index in [1.807, 2.05) is 7.05 Å². The Morgan fingerprint density at radius 3 is 2.76 bits per heavy atom. The Kier molecular flexibility index (Phi) is 4.58. The second-order valence-electron chi connectivity index (χ2n) is 6.68. The van der Waals surface area contributed by atoms with Gasteiger partial charge in [-0.2, -0.15) is 0 Å². The molecule has 2 bridgehead atoms. The van der Waals surface area contributed by atoms with E-state index in [1.54, 1.807) is 18.2 Å². The molecule has 3 atom stereocenters. The molecule has 0 saturated heterocycles. The van der Waals surface area contributed by atoms with E-state index in [0.717, 1.165) is 24.3 Å². The minimum absolute atomic E-state index is 0.0492. The van der Waals surface area contributed by atoms with Crippen LogP contribution >= 0.6 is 23.2 Å². The van der Waals surface area contributed by atoms with Gasteiger partial charge in [-0.25, -0.2) is 0 Å². The fraction of sp³-hybridized carbons (Fsp3) is 0.588. The third kappa shape index (κ3) is 3.44. The summed E-state index contributed by atoms with van der Waals surface area (Å²) in [5, 5.41) is 1.04. The summed E-state index contributed by atoms with van der Waals surface area (Å²) in [5.74, 6) is 2.67. The van der Waals surface area contributed by atoms with Crippen molar-refractivity contribution >= 4 is 29.0 Å². The van der Waals surface area contributed by atoms with Crippen LogP contribution in [0.25, 0.3) is 0 Å². The molecule has 0 radical (unpaired) electrons. The summed E-state index contributed by atoms with van der Waals surface area (Å²) in [6, 6.07) is 5.06. The van der Waals surface area contributed by atoms with Crippen LogP contribution in [-0.4, -0.2) is 30.8 Å². The first-order valence-corrected chi connectivity index (χ1v) is 8.45. The molecule has 0 N–H and O–H groups in total. The summed E-state index contributed by atoms with van der Waals surface area (Å²) < 4.78 is 0. The molecule has 21 heavy (non-hydrogen) atoms. The van der Waals surface area contributed by atoms with Gasteiger partial charge in [0, 0.05) is 17.1 Å². The van der Waals surface area contributed by atoms with E-state index in [9.17, 15) is 4.79 Å². The third-order valence-corrected chi connectivity index (χ3v) is 5.64. The maximum Gasteiger partial charge on any atom is 0.178 e. The Morgan fingerprint density at radius 2 is 2.10 bits per heavy atom. The topological polar surface area (TPSA) is 20.3 Å². The van der Waals surface area contributed by atoms with Gasteiger partial charge in [-0.05, 0) is 62.3 Å². The average Bonchev–Trinajstić information content (AvgIpc) is 3.03. The monoisotopic (exact) mass is 325 g/mol. The van der Waals surface area contributed by atoms with Crippen molar-refractivity contribution in [3.8, 4) is 0 Å². The van der Waals surface area contributed by atoms with E-state index < -0.39 is 0 Å². The second kappa shape index (κ2) is 6.28. The first kappa shape index (κ1) is 15.3. The van der Waals surface area contributed by atoms with E-state index in [4.69, 9.17) is 23.2 Å². The number of benzene rings is 1. The minimum atomic E-state index is 0.0492. The number of carbonyl (C=O) groups excluding carboxylic acids is 1. The lowest BCUT2D eigenvalue weighted by atomic mass is 9.88. The molecule has 3 unspecified atom stereocenters. The standard InChI is InChI=1S/C17H21Cl2NO/c1-20(9-13-7-11-2-3-12(13)6-11)10-17(21)15-8-14(18)4-5-16(15)19/h4-5,8,11-13H,2-3,6-7,9-10H2,1H3. The molecule has 1 aromatic rings. The first-order valence-electron chi connectivity index (χ1n) is 7.69. The number of hydrogen-bond donors (Lipinski definition) is 0. The van der Waals surface area contributed by atoms with E-state index in [0.29, 0.717) is 22.2 Å². The Morgan fingerprint density at radius 1 is 1.29 bits per heavy atom. The minimum Gasteiger partial charge on any atom is -0.299 e. The van der Waals surface area contributed by atoms with Crippen molar-refractivity contribution < 1.29 is 4.79 Å². The molecule has 3 rings (SSSR count). The van der Waals surface area contributed by atoms with Crippen LogP contribution in [0.4, 0.5) is 0 Å². The molecule has 0 heterocycles. The predicted molar refractivity (Wildman–Crippen MR) is 87.2 cm³/mol. The molecule has 2 nitrogen and oxygen atoms in total. The highest BCUT2D eigenvalue weighted by atomic mass is 35.5. The molecule has 114 valence electrons. The highest BCUT2D eigenvalue weighted by Crippen LogP contribution is 2.48. The molecular formula is C17H21Cl2NO. The molecule has 2 fully saturated rings. The van der Waals surface area contributed by atoms with Gasteiger partial charge in [0.15, 0.2) is 5.78 Å². The van der Waals surface area contributed by atoms with E-state index in [2.05, 4.69) is 4.90 Å². The third-order valence-electron chi connectivity index (χ3n) is 5.07. The maximum atomic E-state index is 12.4. The normalized spacial score (nSPS) is 27.5. The number of halogens is 2. The van der Waals surface area contributed by atoms with Crippen LogP contribution in [0.2, 0.25) is 10.0 Å². The van der Waals surface area contributed by atoms with Gasteiger partial charge in [0.05, 0.1) is 11.6 Å². The van der Waals surface area contributed by atoms with Crippen molar-refractivity contribution in [3.63, 3.8) is 0 Å². The van der Waals surface area contributed by atoms with Crippen LogP contribution < -0.4 is 0 Å². The SMILES string of the molecule is CN(CC(=O)c1cc(Cl)ccc1Cl)CC1CC2CCC1C2. The summed E-state index contributed by atoms with van der Waals surface area (Å²) in [6.45, 7) is 1.43. The zero-order valence-electron chi connectivity index (χ0n) is 12.3. The molecular weight excluding hydrogens is 305 g/mol. The van der Waals surface area contributed by atoms with Gasteiger partial charge >= 0.3 is 0 Å². The lowest BCUT2D eigenvalue weighted by molar-refractivity contribution is 0.0929. The van der Waals surface area contributed by atoms with Gasteiger partial charge in [0.25, 0.3) is 0 Å². The van der Waals surface area contributed by atoms with E-state index in [-0.39, 0.29) is 5.78 Å². The highest BCUT2D eigenvalue weighted by Gasteiger charge is 2.39. The number of ketones is 1. The molecule has 2 aliphatic carbocycles. The number of carbonyl (C=O) groups is 1. The van der Waals surface area contributed by atoms with Crippen molar-refractivity contribution in [2.75, 3.05) is 20.1 Å².